The molecule has 0 aliphatic heterocycles. The van der Waals surface area contributed by atoms with Crippen LogP contribution in [0.3, 0.4) is 0 Å². The molecular formula is C17H12FNO3. The lowest BCUT2D eigenvalue weighted by atomic mass is 10.1. The third kappa shape index (κ3) is 2.88. The van der Waals surface area contributed by atoms with Crippen LogP contribution in [0.25, 0.3) is 10.8 Å². The van der Waals surface area contributed by atoms with E-state index >= 15 is 0 Å². The van der Waals surface area contributed by atoms with E-state index in [1.807, 2.05) is 42.5 Å². The Hall–Kier alpha value is -2.95. The maximum absolute atomic E-state index is 13.2. The molecule has 0 aromatic heterocycles. The zero-order valence-corrected chi connectivity index (χ0v) is 11.5. The molecule has 0 radical (unpaired) electrons. The minimum atomic E-state index is -0.588. The van der Waals surface area contributed by atoms with E-state index in [4.69, 9.17) is 4.74 Å². The Bertz CT molecular complexity index is 848. The fourth-order valence-corrected chi connectivity index (χ4v) is 2.24. The van der Waals surface area contributed by atoms with Crippen LogP contribution in [0.2, 0.25) is 0 Å². The standard InChI is InChI=1S/C17H12FNO3/c18-15-7-8-16(19(20)21)17(10-15)22-11-12-5-6-13-3-1-2-4-14(13)9-12/h1-10H,11H2. The number of fused-ring (bicyclic) bond motifs is 1. The fourth-order valence-electron chi connectivity index (χ4n) is 2.24. The summed E-state index contributed by atoms with van der Waals surface area (Å²) in [6.07, 6.45) is 0. The summed E-state index contributed by atoms with van der Waals surface area (Å²) >= 11 is 0. The molecule has 0 atom stereocenters. The second kappa shape index (κ2) is 5.81. The van der Waals surface area contributed by atoms with Crippen molar-refractivity contribution in [1.82, 2.24) is 0 Å². The quantitative estimate of drug-likeness (QED) is 0.527. The lowest BCUT2D eigenvalue weighted by Gasteiger charge is -2.08. The number of nitro groups is 1. The molecule has 0 aliphatic rings. The van der Waals surface area contributed by atoms with Crippen LogP contribution in [-0.2, 0) is 6.61 Å². The molecule has 0 unspecified atom stereocenters. The van der Waals surface area contributed by atoms with Crippen molar-refractivity contribution in [2.24, 2.45) is 0 Å². The minimum absolute atomic E-state index is 0.0711. The third-order valence-electron chi connectivity index (χ3n) is 3.33. The van der Waals surface area contributed by atoms with E-state index in [9.17, 15) is 14.5 Å². The van der Waals surface area contributed by atoms with Crippen LogP contribution in [0.1, 0.15) is 5.56 Å². The van der Waals surface area contributed by atoms with Gasteiger partial charge in [0.05, 0.1) is 4.92 Å². The Labute approximate surface area is 125 Å². The summed E-state index contributed by atoms with van der Waals surface area (Å²) in [5.74, 6) is -0.641. The molecule has 3 rings (SSSR count). The van der Waals surface area contributed by atoms with Crippen LogP contribution in [-0.4, -0.2) is 4.92 Å². The first-order valence-electron chi connectivity index (χ1n) is 6.68. The van der Waals surface area contributed by atoms with Crippen LogP contribution < -0.4 is 4.74 Å². The molecule has 0 N–H and O–H groups in total. The number of nitrogens with zero attached hydrogens (tertiary/aromatic N) is 1. The summed E-state index contributed by atoms with van der Waals surface area (Å²) in [5, 5.41) is 13.1. The molecule has 0 bridgehead atoms. The molecule has 0 saturated heterocycles. The van der Waals surface area contributed by atoms with Crippen molar-refractivity contribution < 1.29 is 14.1 Å². The number of benzene rings is 3. The van der Waals surface area contributed by atoms with Crippen LogP contribution in [0.4, 0.5) is 10.1 Å². The Balaban J connectivity index is 1.84. The number of rotatable bonds is 4. The van der Waals surface area contributed by atoms with Gasteiger partial charge in [-0.15, -0.1) is 0 Å². The predicted molar refractivity (Wildman–Crippen MR) is 81.3 cm³/mol. The molecule has 0 heterocycles. The van der Waals surface area contributed by atoms with Gasteiger partial charge in [0.2, 0.25) is 0 Å². The minimum Gasteiger partial charge on any atom is -0.482 e. The Morgan fingerprint density at radius 2 is 1.77 bits per heavy atom. The van der Waals surface area contributed by atoms with Crippen molar-refractivity contribution in [3.8, 4) is 5.75 Å². The van der Waals surface area contributed by atoms with Gasteiger partial charge in [-0.05, 0) is 28.5 Å². The smallest absolute Gasteiger partial charge is 0.311 e. The summed E-state index contributed by atoms with van der Waals surface area (Å²) in [6, 6.07) is 16.8. The summed E-state index contributed by atoms with van der Waals surface area (Å²) < 4.78 is 18.7. The van der Waals surface area contributed by atoms with E-state index in [0.29, 0.717) is 0 Å². The van der Waals surface area contributed by atoms with Gasteiger partial charge in [0.1, 0.15) is 12.4 Å². The van der Waals surface area contributed by atoms with Crippen molar-refractivity contribution >= 4 is 16.5 Å². The molecule has 4 nitrogen and oxygen atoms in total. The van der Waals surface area contributed by atoms with Crippen LogP contribution >= 0.6 is 0 Å². The maximum atomic E-state index is 13.2. The van der Waals surface area contributed by atoms with E-state index in [0.717, 1.165) is 34.5 Å². The average molecular weight is 297 g/mol. The molecular weight excluding hydrogens is 285 g/mol. The van der Waals surface area contributed by atoms with E-state index in [-0.39, 0.29) is 18.0 Å². The molecule has 0 spiro atoms. The van der Waals surface area contributed by atoms with Crippen LogP contribution in [0.5, 0.6) is 5.75 Å². The summed E-state index contributed by atoms with van der Waals surface area (Å²) in [7, 11) is 0. The summed E-state index contributed by atoms with van der Waals surface area (Å²) in [4.78, 5) is 10.3. The average Bonchev–Trinajstić information content (AvgIpc) is 2.52. The van der Waals surface area contributed by atoms with E-state index in [1.165, 1.54) is 0 Å². The Morgan fingerprint density at radius 3 is 2.55 bits per heavy atom. The first kappa shape index (κ1) is 14.0. The monoisotopic (exact) mass is 297 g/mol. The van der Waals surface area contributed by atoms with Crippen molar-refractivity contribution in [3.63, 3.8) is 0 Å². The van der Waals surface area contributed by atoms with Gasteiger partial charge < -0.3 is 4.74 Å². The lowest BCUT2D eigenvalue weighted by Crippen LogP contribution is -1.99. The molecule has 0 aliphatic carbocycles. The summed E-state index contributed by atoms with van der Waals surface area (Å²) in [5.41, 5.74) is 0.611. The van der Waals surface area contributed by atoms with Gasteiger partial charge in [-0.3, -0.25) is 10.1 Å². The Kier molecular flexibility index (Phi) is 3.70. The Morgan fingerprint density at radius 1 is 1.00 bits per heavy atom. The van der Waals surface area contributed by atoms with Gasteiger partial charge in [-0.1, -0.05) is 36.4 Å². The second-order valence-electron chi connectivity index (χ2n) is 4.84. The van der Waals surface area contributed by atoms with E-state index < -0.39 is 10.7 Å². The van der Waals surface area contributed by atoms with Gasteiger partial charge in [-0.2, -0.15) is 0 Å². The molecule has 110 valence electrons. The SMILES string of the molecule is O=[N+]([O-])c1ccc(F)cc1OCc1ccc2ccccc2c1. The van der Waals surface area contributed by atoms with Gasteiger partial charge in [-0.25, -0.2) is 4.39 Å². The molecule has 5 heteroatoms. The largest absolute Gasteiger partial charge is 0.482 e. The number of ether oxygens (including phenoxy) is 1. The highest BCUT2D eigenvalue weighted by atomic mass is 19.1. The van der Waals surface area contributed by atoms with E-state index in [1.54, 1.807) is 0 Å². The van der Waals surface area contributed by atoms with E-state index in [2.05, 4.69) is 0 Å². The van der Waals surface area contributed by atoms with Gasteiger partial charge in [0, 0.05) is 12.1 Å². The normalized spacial score (nSPS) is 10.6. The molecule has 3 aromatic carbocycles. The van der Waals surface area contributed by atoms with Crippen molar-refractivity contribution in [1.29, 1.82) is 0 Å². The second-order valence-corrected chi connectivity index (χ2v) is 4.84. The van der Waals surface area contributed by atoms with Crippen LogP contribution in [0.15, 0.2) is 60.7 Å². The van der Waals surface area contributed by atoms with Gasteiger partial charge >= 0.3 is 5.69 Å². The molecule has 22 heavy (non-hydrogen) atoms. The number of hydrogen-bond acceptors (Lipinski definition) is 3. The highest BCUT2D eigenvalue weighted by Crippen LogP contribution is 2.28. The zero-order valence-electron chi connectivity index (χ0n) is 11.5. The van der Waals surface area contributed by atoms with Gasteiger partial charge in [0.15, 0.2) is 5.75 Å². The number of hydrogen-bond donors (Lipinski definition) is 0. The van der Waals surface area contributed by atoms with Gasteiger partial charge in [0.25, 0.3) is 0 Å². The zero-order chi connectivity index (χ0) is 15.5. The third-order valence-corrected chi connectivity index (χ3v) is 3.33. The molecule has 0 fully saturated rings. The van der Waals surface area contributed by atoms with Crippen molar-refractivity contribution in [3.05, 3.63) is 82.2 Å². The first-order valence-corrected chi connectivity index (χ1v) is 6.68. The highest BCUT2D eigenvalue weighted by molar-refractivity contribution is 5.82. The van der Waals surface area contributed by atoms with Crippen LogP contribution in [0, 0.1) is 15.9 Å². The molecule has 0 saturated carbocycles. The molecule has 0 amide bonds. The van der Waals surface area contributed by atoms with Crippen molar-refractivity contribution in [2.75, 3.05) is 0 Å². The number of nitro benzene ring substituents is 1. The predicted octanol–water partition coefficient (Wildman–Crippen LogP) is 4.47. The lowest BCUT2D eigenvalue weighted by molar-refractivity contribution is -0.386. The van der Waals surface area contributed by atoms with Crippen molar-refractivity contribution in [2.45, 2.75) is 6.61 Å². The number of halogens is 1. The fraction of sp³-hybridized carbons (Fsp3) is 0.0588. The topological polar surface area (TPSA) is 52.4 Å². The highest BCUT2D eigenvalue weighted by Gasteiger charge is 2.15. The molecule has 3 aromatic rings. The summed E-state index contributed by atoms with van der Waals surface area (Å²) in [6.45, 7) is 0.134. The first-order chi connectivity index (χ1) is 10.6. The maximum Gasteiger partial charge on any atom is 0.311 e.